The van der Waals surface area contributed by atoms with Crippen molar-refractivity contribution in [2.45, 2.75) is 18.6 Å². The molecule has 0 aliphatic carbocycles. The third kappa shape index (κ3) is 2.97. The average molecular weight is 376 g/mol. The Morgan fingerprint density at radius 1 is 1.04 bits per heavy atom. The zero-order valence-electron chi connectivity index (χ0n) is 14.9. The van der Waals surface area contributed by atoms with Crippen LogP contribution in [-0.2, 0) is 16.9 Å². The normalized spacial score (nSPS) is 18.2. The van der Waals surface area contributed by atoms with Crippen LogP contribution in [0, 0.1) is 5.82 Å². The Hall–Kier alpha value is -3.38. The smallest absolute Gasteiger partial charge is 0.264 e. The van der Waals surface area contributed by atoms with Crippen molar-refractivity contribution in [3.8, 4) is 0 Å². The van der Waals surface area contributed by atoms with Crippen LogP contribution in [-0.4, -0.2) is 21.8 Å². The number of Topliss-reactive ketones (excluding diaryl/α,β-unsaturated/α-hetero) is 1. The predicted molar refractivity (Wildman–Crippen MR) is 101 cm³/mol. The van der Waals surface area contributed by atoms with Crippen molar-refractivity contribution in [2.75, 3.05) is 4.90 Å². The summed E-state index contributed by atoms with van der Waals surface area (Å²) in [6, 6.07) is 16.0. The number of carbonyl (C=O) groups excluding carboxylic acids is 2. The number of pyridine rings is 1. The molecule has 1 aliphatic heterocycles. The van der Waals surface area contributed by atoms with Gasteiger partial charge in [-0.1, -0.05) is 36.4 Å². The number of hydrogen-bond acceptors (Lipinski definition) is 4. The first-order valence-electron chi connectivity index (χ1n) is 8.81. The molecule has 1 aliphatic rings. The maximum atomic E-state index is 14.1. The number of para-hydroxylation sites is 1. The molecule has 0 spiro atoms. The summed E-state index contributed by atoms with van der Waals surface area (Å²) in [7, 11) is 0. The number of ketones is 1. The zero-order valence-corrected chi connectivity index (χ0v) is 14.9. The van der Waals surface area contributed by atoms with Crippen LogP contribution >= 0.6 is 0 Å². The van der Waals surface area contributed by atoms with Gasteiger partial charge in [-0.3, -0.25) is 14.6 Å². The Kier molecular flexibility index (Phi) is 4.49. The highest BCUT2D eigenvalue weighted by atomic mass is 19.1. The summed E-state index contributed by atoms with van der Waals surface area (Å²) in [5, 5.41) is 11.2. The molecule has 1 N–H and O–H groups in total. The van der Waals surface area contributed by atoms with Gasteiger partial charge in [-0.15, -0.1) is 0 Å². The summed E-state index contributed by atoms with van der Waals surface area (Å²) in [4.78, 5) is 31.0. The third-order valence-electron chi connectivity index (χ3n) is 4.94. The van der Waals surface area contributed by atoms with Crippen molar-refractivity contribution in [2.24, 2.45) is 0 Å². The number of nitrogens with zero attached hydrogens (tertiary/aromatic N) is 2. The van der Waals surface area contributed by atoms with Crippen molar-refractivity contribution in [1.82, 2.24) is 4.98 Å². The van der Waals surface area contributed by atoms with Gasteiger partial charge in [0.05, 0.1) is 18.7 Å². The van der Waals surface area contributed by atoms with Gasteiger partial charge >= 0.3 is 0 Å². The van der Waals surface area contributed by atoms with E-state index in [0.29, 0.717) is 22.4 Å². The van der Waals surface area contributed by atoms with Crippen molar-refractivity contribution in [3.63, 3.8) is 0 Å². The lowest BCUT2D eigenvalue weighted by molar-refractivity contribution is -0.136. The maximum Gasteiger partial charge on any atom is 0.264 e. The van der Waals surface area contributed by atoms with E-state index in [1.165, 1.54) is 35.5 Å². The van der Waals surface area contributed by atoms with Gasteiger partial charge in [-0.2, -0.15) is 0 Å². The quantitative estimate of drug-likeness (QED) is 0.694. The molecule has 1 unspecified atom stereocenters. The van der Waals surface area contributed by atoms with Crippen LogP contribution in [0.4, 0.5) is 10.1 Å². The molecule has 0 bridgehead atoms. The van der Waals surface area contributed by atoms with Crippen LogP contribution in [0.3, 0.4) is 0 Å². The molecule has 2 aromatic carbocycles. The van der Waals surface area contributed by atoms with E-state index in [-0.39, 0.29) is 12.3 Å². The minimum atomic E-state index is -2.00. The number of aromatic nitrogens is 1. The van der Waals surface area contributed by atoms with Crippen LogP contribution in [0.25, 0.3) is 0 Å². The lowest BCUT2D eigenvalue weighted by Gasteiger charge is -2.23. The Bertz CT molecular complexity index is 1050. The van der Waals surface area contributed by atoms with Gasteiger partial charge in [0.1, 0.15) is 5.82 Å². The van der Waals surface area contributed by atoms with E-state index < -0.39 is 23.7 Å². The van der Waals surface area contributed by atoms with E-state index in [1.807, 2.05) is 0 Å². The van der Waals surface area contributed by atoms with Gasteiger partial charge in [0.25, 0.3) is 5.91 Å². The predicted octanol–water partition coefficient (Wildman–Crippen LogP) is 3.23. The Morgan fingerprint density at radius 3 is 2.46 bits per heavy atom. The SMILES string of the molecule is O=C(CC1(O)C(=O)N(Cc2ccccc2F)c2ccccc21)c1ccncc1. The van der Waals surface area contributed by atoms with E-state index >= 15 is 0 Å². The summed E-state index contributed by atoms with van der Waals surface area (Å²) >= 11 is 0. The monoisotopic (exact) mass is 376 g/mol. The van der Waals surface area contributed by atoms with E-state index in [0.717, 1.165) is 0 Å². The minimum Gasteiger partial charge on any atom is -0.375 e. The van der Waals surface area contributed by atoms with Crippen molar-refractivity contribution in [3.05, 3.63) is 95.6 Å². The summed E-state index contributed by atoms with van der Waals surface area (Å²) < 4.78 is 14.1. The number of amides is 1. The number of halogens is 1. The van der Waals surface area contributed by atoms with Crippen molar-refractivity contribution in [1.29, 1.82) is 0 Å². The van der Waals surface area contributed by atoms with Crippen molar-refractivity contribution < 1.29 is 19.1 Å². The molecular formula is C22H17FN2O3. The molecule has 1 aromatic heterocycles. The van der Waals surface area contributed by atoms with Crippen molar-refractivity contribution >= 4 is 17.4 Å². The molecular weight excluding hydrogens is 359 g/mol. The Labute approximate surface area is 161 Å². The van der Waals surface area contributed by atoms with E-state index in [4.69, 9.17) is 0 Å². The molecule has 0 fully saturated rings. The van der Waals surface area contributed by atoms with Gasteiger partial charge in [0, 0.05) is 29.1 Å². The van der Waals surface area contributed by atoms with E-state index in [2.05, 4.69) is 4.98 Å². The molecule has 0 saturated carbocycles. The van der Waals surface area contributed by atoms with Gasteiger partial charge in [-0.25, -0.2) is 4.39 Å². The number of rotatable bonds is 5. The molecule has 1 amide bonds. The second-order valence-corrected chi connectivity index (χ2v) is 6.70. The summed E-state index contributed by atoms with van der Waals surface area (Å²) in [5.41, 5.74) is -0.487. The molecule has 28 heavy (non-hydrogen) atoms. The highest BCUT2D eigenvalue weighted by Crippen LogP contribution is 2.43. The first-order chi connectivity index (χ1) is 13.5. The number of aliphatic hydroxyl groups is 1. The second kappa shape index (κ2) is 6.98. The van der Waals surface area contributed by atoms with Crippen LogP contribution in [0.5, 0.6) is 0 Å². The molecule has 3 aromatic rings. The molecule has 1 atom stereocenters. The molecule has 4 rings (SSSR count). The highest BCUT2D eigenvalue weighted by molar-refractivity contribution is 6.10. The molecule has 2 heterocycles. The minimum absolute atomic E-state index is 0.0335. The molecule has 0 saturated heterocycles. The number of hydrogen-bond donors (Lipinski definition) is 1. The number of carbonyl (C=O) groups is 2. The Balaban J connectivity index is 1.70. The number of anilines is 1. The third-order valence-corrected chi connectivity index (χ3v) is 4.94. The van der Waals surface area contributed by atoms with Crippen LogP contribution in [0.1, 0.15) is 27.9 Å². The summed E-state index contributed by atoms with van der Waals surface area (Å²) in [6.07, 6.45) is 2.55. The fraction of sp³-hybridized carbons (Fsp3) is 0.136. The van der Waals surface area contributed by atoms with Crippen LogP contribution in [0.15, 0.2) is 73.1 Å². The highest BCUT2D eigenvalue weighted by Gasteiger charge is 2.50. The van der Waals surface area contributed by atoms with E-state index in [1.54, 1.807) is 42.5 Å². The standard InChI is InChI=1S/C22H17FN2O3/c23-18-7-3-1-5-16(18)14-25-19-8-4-2-6-17(19)22(28,21(25)27)13-20(26)15-9-11-24-12-10-15/h1-12,28H,13-14H2. The lowest BCUT2D eigenvalue weighted by atomic mass is 9.88. The largest absolute Gasteiger partial charge is 0.375 e. The topological polar surface area (TPSA) is 70.5 Å². The first kappa shape index (κ1) is 18.0. The second-order valence-electron chi connectivity index (χ2n) is 6.70. The van der Waals surface area contributed by atoms with Gasteiger partial charge in [0.15, 0.2) is 11.4 Å². The summed E-state index contributed by atoms with van der Waals surface area (Å²) in [5.74, 6) is -1.45. The average Bonchev–Trinajstić information content (AvgIpc) is 2.92. The van der Waals surface area contributed by atoms with Gasteiger partial charge < -0.3 is 10.0 Å². The van der Waals surface area contributed by atoms with Crippen LogP contribution in [0.2, 0.25) is 0 Å². The van der Waals surface area contributed by atoms with Gasteiger partial charge in [-0.05, 0) is 24.3 Å². The summed E-state index contributed by atoms with van der Waals surface area (Å²) in [6.45, 7) is -0.0335. The fourth-order valence-corrected chi connectivity index (χ4v) is 3.50. The van der Waals surface area contributed by atoms with Crippen LogP contribution < -0.4 is 4.90 Å². The fourth-order valence-electron chi connectivity index (χ4n) is 3.50. The molecule has 6 heteroatoms. The zero-order chi connectivity index (χ0) is 19.7. The Morgan fingerprint density at radius 2 is 1.71 bits per heavy atom. The lowest BCUT2D eigenvalue weighted by Crippen LogP contribution is -2.41. The number of fused-ring (bicyclic) bond motifs is 1. The first-order valence-corrected chi connectivity index (χ1v) is 8.81. The maximum absolute atomic E-state index is 14.1. The number of benzene rings is 2. The molecule has 5 nitrogen and oxygen atoms in total. The molecule has 140 valence electrons. The van der Waals surface area contributed by atoms with Gasteiger partial charge in [0.2, 0.25) is 0 Å². The van der Waals surface area contributed by atoms with E-state index in [9.17, 15) is 19.1 Å². The molecule has 0 radical (unpaired) electrons.